The van der Waals surface area contributed by atoms with Crippen molar-refractivity contribution in [3.63, 3.8) is 0 Å². The lowest BCUT2D eigenvalue weighted by Gasteiger charge is -2.10. The number of nitro groups is 1. The van der Waals surface area contributed by atoms with Gasteiger partial charge in [-0.3, -0.25) is 10.1 Å². The third-order valence-electron chi connectivity index (χ3n) is 2.83. The summed E-state index contributed by atoms with van der Waals surface area (Å²) < 4.78 is 0. The Kier molecular flexibility index (Phi) is 7.33. The van der Waals surface area contributed by atoms with Crippen molar-refractivity contribution < 1.29 is 4.92 Å². The molecule has 0 radical (unpaired) electrons. The summed E-state index contributed by atoms with van der Waals surface area (Å²) in [5.41, 5.74) is 1.88. The number of hydrogen-bond acceptors (Lipinski definition) is 4. The van der Waals surface area contributed by atoms with Crippen LogP contribution in [0.3, 0.4) is 0 Å². The molecule has 106 valence electrons. The van der Waals surface area contributed by atoms with E-state index in [9.17, 15) is 10.1 Å². The minimum atomic E-state index is -0.316. The number of hydrogen-bond donors (Lipinski definition) is 1. The van der Waals surface area contributed by atoms with E-state index in [0.717, 1.165) is 17.1 Å². The minimum absolute atomic E-state index is 0.175. The van der Waals surface area contributed by atoms with E-state index in [1.165, 1.54) is 19.3 Å². The highest BCUT2D eigenvalue weighted by molar-refractivity contribution is 7.98. The van der Waals surface area contributed by atoms with Crippen molar-refractivity contribution in [1.29, 1.82) is 0 Å². The van der Waals surface area contributed by atoms with Crippen LogP contribution in [0.25, 0.3) is 0 Å². The van der Waals surface area contributed by atoms with Crippen molar-refractivity contribution in [1.82, 2.24) is 0 Å². The van der Waals surface area contributed by atoms with Gasteiger partial charge in [0.25, 0.3) is 5.69 Å². The number of thioether (sulfide) groups is 1. The van der Waals surface area contributed by atoms with Gasteiger partial charge in [-0.15, -0.1) is 0 Å². The Hall–Kier alpha value is -1.23. The van der Waals surface area contributed by atoms with Gasteiger partial charge < -0.3 is 5.32 Å². The van der Waals surface area contributed by atoms with E-state index in [2.05, 4.69) is 12.2 Å². The van der Waals surface area contributed by atoms with Gasteiger partial charge in [0.05, 0.1) is 4.92 Å². The molecule has 0 aliphatic heterocycles. The van der Waals surface area contributed by atoms with Crippen molar-refractivity contribution in [2.45, 2.75) is 38.9 Å². The summed E-state index contributed by atoms with van der Waals surface area (Å²) in [6.45, 7) is 4.84. The number of anilines is 1. The zero-order valence-electron chi connectivity index (χ0n) is 11.6. The standard InChI is InChI=1S/C14H22N2O2S/c1-3-5-6-10-19-11-12-8-7-9-13(16(17)18)14(12)15-4-2/h7-9,15H,3-6,10-11H2,1-2H3. The number of benzene rings is 1. The first-order chi connectivity index (χ1) is 9.20. The van der Waals surface area contributed by atoms with Gasteiger partial charge in [0.15, 0.2) is 0 Å². The largest absolute Gasteiger partial charge is 0.380 e. The maximum absolute atomic E-state index is 11.0. The molecule has 0 saturated carbocycles. The summed E-state index contributed by atoms with van der Waals surface area (Å²) in [6, 6.07) is 5.29. The maximum atomic E-state index is 11.0. The molecular formula is C14H22N2O2S. The molecule has 0 aliphatic rings. The lowest BCUT2D eigenvalue weighted by molar-refractivity contribution is -0.384. The average molecular weight is 282 g/mol. The second kappa shape index (κ2) is 8.80. The van der Waals surface area contributed by atoms with Crippen LogP contribution in [0.4, 0.5) is 11.4 Å². The molecule has 0 saturated heterocycles. The first-order valence-electron chi connectivity index (χ1n) is 6.78. The normalized spacial score (nSPS) is 10.4. The molecule has 0 aromatic heterocycles. The molecule has 4 nitrogen and oxygen atoms in total. The van der Waals surface area contributed by atoms with Crippen LogP contribution in [0, 0.1) is 10.1 Å². The maximum Gasteiger partial charge on any atom is 0.292 e. The fraction of sp³-hybridized carbons (Fsp3) is 0.571. The molecule has 0 fully saturated rings. The molecule has 1 rings (SSSR count). The first kappa shape index (κ1) is 15.8. The lowest BCUT2D eigenvalue weighted by atomic mass is 10.1. The summed E-state index contributed by atoms with van der Waals surface area (Å²) >= 11 is 1.84. The number of para-hydroxylation sites is 1. The molecule has 1 aromatic rings. The van der Waals surface area contributed by atoms with E-state index in [-0.39, 0.29) is 10.6 Å². The molecule has 0 bridgehead atoms. The molecule has 0 spiro atoms. The van der Waals surface area contributed by atoms with Crippen molar-refractivity contribution in [2.75, 3.05) is 17.6 Å². The molecule has 0 amide bonds. The Morgan fingerprint density at radius 1 is 1.32 bits per heavy atom. The van der Waals surface area contributed by atoms with Gasteiger partial charge in [-0.25, -0.2) is 0 Å². The Bertz CT molecular complexity index is 410. The molecule has 0 atom stereocenters. The molecule has 1 aromatic carbocycles. The summed E-state index contributed by atoms with van der Waals surface area (Å²) in [6.07, 6.45) is 3.69. The predicted octanol–water partition coefficient (Wildman–Crippen LogP) is 4.45. The van der Waals surface area contributed by atoms with E-state index >= 15 is 0 Å². The average Bonchev–Trinajstić information content (AvgIpc) is 2.40. The molecule has 19 heavy (non-hydrogen) atoms. The van der Waals surface area contributed by atoms with Crippen molar-refractivity contribution in [3.8, 4) is 0 Å². The molecule has 0 heterocycles. The van der Waals surface area contributed by atoms with Crippen molar-refractivity contribution in [3.05, 3.63) is 33.9 Å². The zero-order valence-corrected chi connectivity index (χ0v) is 12.5. The quantitative estimate of drug-likeness (QED) is 0.413. The summed E-state index contributed by atoms with van der Waals surface area (Å²) in [7, 11) is 0. The highest BCUT2D eigenvalue weighted by Crippen LogP contribution is 2.30. The summed E-state index contributed by atoms with van der Waals surface area (Å²) in [5, 5.41) is 14.1. The van der Waals surface area contributed by atoms with Gasteiger partial charge in [0.2, 0.25) is 0 Å². The van der Waals surface area contributed by atoms with Gasteiger partial charge in [0.1, 0.15) is 5.69 Å². The first-order valence-corrected chi connectivity index (χ1v) is 7.94. The molecule has 0 unspecified atom stereocenters. The highest BCUT2D eigenvalue weighted by atomic mass is 32.2. The topological polar surface area (TPSA) is 55.2 Å². The van der Waals surface area contributed by atoms with Gasteiger partial charge >= 0.3 is 0 Å². The summed E-state index contributed by atoms with van der Waals surface area (Å²) in [4.78, 5) is 10.7. The Balaban J connectivity index is 2.70. The van der Waals surface area contributed by atoms with Crippen molar-refractivity contribution >= 4 is 23.1 Å². The van der Waals surface area contributed by atoms with Gasteiger partial charge in [-0.1, -0.05) is 31.9 Å². The fourth-order valence-corrected chi connectivity index (χ4v) is 2.89. The lowest BCUT2D eigenvalue weighted by Crippen LogP contribution is -2.04. The molecular weight excluding hydrogens is 260 g/mol. The number of nitrogens with one attached hydrogen (secondary N) is 1. The molecule has 1 N–H and O–H groups in total. The molecule has 0 aliphatic carbocycles. The van der Waals surface area contributed by atoms with Crippen LogP contribution in [0.5, 0.6) is 0 Å². The predicted molar refractivity (Wildman–Crippen MR) is 82.9 cm³/mol. The van der Waals surface area contributed by atoms with E-state index < -0.39 is 0 Å². The zero-order chi connectivity index (χ0) is 14.1. The van der Waals surface area contributed by atoms with E-state index in [0.29, 0.717) is 12.2 Å². The van der Waals surface area contributed by atoms with Crippen LogP contribution >= 0.6 is 11.8 Å². The van der Waals surface area contributed by atoms with Crippen LogP contribution in [0.15, 0.2) is 18.2 Å². The number of unbranched alkanes of at least 4 members (excludes halogenated alkanes) is 2. The van der Waals surface area contributed by atoms with E-state index in [1.807, 2.05) is 24.8 Å². The fourth-order valence-electron chi connectivity index (χ4n) is 1.88. The second-order valence-corrected chi connectivity index (χ2v) is 5.46. The Morgan fingerprint density at radius 2 is 2.11 bits per heavy atom. The third-order valence-corrected chi connectivity index (χ3v) is 3.92. The van der Waals surface area contributed by atoms with Gasteiger partial charge in [-0.05, 0) is 24.7 Å². The minimum Gasteiger partial charge on any atom is -0.380 e. The van der Waals surface area contributed by atoms with Crippen LogP contribution in [0.1, 0.15) is 38.7 Å². The van der Waals surface area contributed by atoms with Gasteiger partial charge in [0, 0.05) is 18.4 Å². The van der Waals surface area contributed by atoms with Crippen LogP contribution in [0.2, 0.25) is 0 Å². The Morgan fingerprint density at radius 3 is 2.74 bits per heavy atom. The van der Waals surface area contributed by atoms with Gasteiger partial charge in [-0.2, -0.15) is 11.8 Å². The molecule has 5 heteroatoms. The third kappa shape index (κ3) is 5.11. The highest BCUT2D eigenvalue weighted by Gasteiger charge is 2.16. The smallest absolute Gasteiger partial charge is 0.292 e. The van der Waals surface area contributed by atoms with E-state index in [1.54, 1.807) is 12.1 Å². The van der Waals surface area contributed by atoms with Crippen LogP contribution in [-0.2, 0) is 5.75 Å². The number of nitro benzene ring substituents is 1. The second-order valence-electron chi connectivity index (χ2n) is 4.36. The monoisotopic (exact) mass is 282 g/mol. The van der Waals surface area contributed by atoms with Crippen LogP contribution in [-0.4, -0.2) is 17.2 Å². The van der Waals surface area contributed by atoms with Crippen LogP contribution < -0.4 is 5.32 Å². The summed E-state index contributed by atoms with van der Waals surface area (Å²) in [5.74, 6) is 1.94. The SMILES string of the molecule is CCCCCSCc1cccc([N+](=O)[O-])c1NCC. The Labute approximate surface area is 119 Å². The number of rotatable bonds is 9. The number of nitrogens with zero attached hydrogens (tertiary/aromatic N) is 1. The van der Waals surface area contributed by atoms with E-state index in [4.69, 9.17) is 0 Å². The van der Waals surface area contributed by atoms with Crippen molar-refractivity contribution in [2.24, 2.45) is 0 Å².